The Labute approximate surface area is 317 Å². The summed E-state index contributed by atoms with van der Waals surface area (Å²) < 4.78 is 13.8. The molecule has 264 valence electrons. The fourth-order valence-electron chi connectivity index (χ4n) is 9.02. The second-order valence-corrected chi connectivity index (χ2v) is 16.9. The minimum Gasteiger partial charge on any atom is -0.457 e. The van der Waals surface area contributed by atoms with Crippen molar-refractivity contribution < 1.29 is 9.15 Å². The Morgan fingerprint density at radius 1 is 0.500 bits per heavy atom. The van der Waals surface area contributed by atoms with E-state index in [1.165, 1.54) is 33.4 Å². The van der Waals surface area contributed by atoms with Gasteiger partial charge >= 0.3 is 0 Å². The van der Waals surface area contributed by atoms with E-state index >= 15 is 0 Å². The van der Waals surface area contributed by atoms with Crippen LogP contribution in [0.2, 0.25) is 0 Å². The van der Waals surface area contributed by atoms with Gasteiger partial charge in [-0.1, -0.05) is 145 Å². The van der Waals surface area contributed by atoms with Crippen molar-refractivity contribution in [1.29, 1.82) is 0 Å². The van der Waals surface area contributed by atoms with Gasteiger partial charge in [0, 0.05) is 33.3 Å². The highest BCUT2D eigenvalue weighted by Crippen LogP contribution is 2.65. The molecule has 0 saturated heterocycles. The zero-order chi connectivity index (χ0) is 37.0. The Hall–Kier alpha value is -6.06. The molecule has 2 aliphatic rings. The Kier molecular flexibility index (Phi) is 6.92. The van der Waals surface area contributed by atoms with Gasteiger partial charge in [-0.15, -0.1) is 0 Å². The first kappa shape index (κ1) is 32.6. The van der Waals surface area contributed by atoms with Gasteiger partial charge < -0.3 is 14.1 Å². The molecule has 0 saturated carbocycles. The fraction of sp³-hybridized carbons (Fsp3) is 0.176. The summed E-state index contributed by atoms with van der Waals surface area (Å²) in [6.07, 6.45) is 0. The third-order valence-corrected chi connectivity index (χ3v) is 11.7. The van der Waals surface area contributed by atoms with Crippen LogP contribution in [0.3, 0.4) is 0 Å². The number of furan rings is 1. The standard InChI is InChI=1S/C51H43NO2/c1-49(2,3)32-23-27-34(28-24-32)52(35-29-25-33(26-30-35)50(4,5)6)42-31-41-46(47-37-16-8-12-20-43(37)54-48(42)47)36-15-7-9-17-38(36)51(41)39-18-10-13-21-44(39)53-45-22-14-11-19-40(45)51/h7-31H,1-6H3. The van der Waals surface area contributed by atoms with Crippen LogP contribution in [0.4, 0.5) is 17.1 Å². The van der Waals surface area contributed by atoms with Crippen molar-refractivity contribution in [2.45, 2.75) is 57.8 Å². The van der Waals surface area contributed by atoms with Crippen molar-refractivity contribution in [2.24, 2.45) is 0 Å². The summed E-state index contributed by atoms with van der Waals surface area (Å²) in [4.78, 5) is 2.40. The Morgan fingerprint density at radius 2 is 1.00 bits per heavy atom. The lowest BCUT2D eigenvalue weighted by atomic mass is 9.66. The maximum absolute atomic E-state index is 7.05. The van der Waals surface area contributed by atoms with Crippen LogP contribution in [-0.4, -0.2) is 0 Å². The fourth-order valence-corrected chi connectivity index (χ4v) is 9.02. The molecule has 8 aromatic rings. The van der Waals surface area contributed by atoms with Gasteiger partial charge in [0.05, 0.1) is 11.1 Å². The molecule has 3 heteroatoms. The number of nitrogens with zero attached hydrogens (tertiary/aromatic N) is 1. The number of para-hydroxylation sites is 3. The maximum Gasteiger partial charge on any atom is 0.160 e. The molecular weight excluding hydrogens is 659 g/mol. The SMILES string of the molecule is CC(C)(C)c1ccc(N(c2ccc(C(C)(C)C)cc2)c2cc3c(c4c2oc2ccccc24)-c2ccccc2C32c3ccccc3Oc3ccccc32)cc1. The maximum atomic E-state index is 7.05. The summed E-state index contributed by atoms with van der Waals surface area (Å²) in [5.74, 6) is 1.76. The number of rotatable bonds is 3. The zero-order valence-electron chi connectivity index (χ0n) is 31.7. The summed E-state index contributed by atoms with van der Waals surface area (Å²) >= 11 is 0. The molecular formula is C51H43NO2. The molecule has 1 aliphatic carbocycles. The first-order valence-electron chi connectivity index (χ1n) is 19.0. The average molecular weight is 702 g/mol. The van der Waals surface area contributed by atoms with E-state index in [9.17, 15) is 0 Å². The predicted molar refractivity (Wildman–Crippen MR) is 223 cm³/mol. The van der Waals surface area contributed by atoms with Crippen molar-refractivity contribution in [3.8, 4) is 22.6 Å². The normalized spacial score (nSPS) is 14.0. The topological polar surface area (TPSA) is 25.6 Å². The Bertz CT molecular complexity index is 2650. The number of benzene rings is 7. The minimum atomic E-state index is -0.628. The van der Waals surface area contributed by atoms with Gasteiger partial charge in [0.1, 0.15) is 17.1 Å². The number of ether oxygens (including phenoxy) is 1. The molecule has 1 aliphatic heterocycles. The highest BCUT2D eigenvalue weighted by molar-refractivity contribution is 6.19. The van der Waals surface area contributed by atoms with Gasteiger partial charge in [0.15, 0.2) is 5.58 Å². The van der Waals surface area contributed by atoms with E-state index in [-0.39, 0.29) is 10.8 Å². The van der Waals surface area contributed by atoms with Crippen molar-refractivity contribution in [2.75, 3.05) is 4.90 Å². The molecule has 1 spiro atoms. The van der Waals surface area contributed by atoms with E-state index in [1.54, 1.807) is 0 Å². The molecule has 0 radical (unpaired) electrons. The molecule has 0 atom stereocenters. The van der Waals surface area contributed by atoms with E-state index in [4.69, 9.17) is 9.15 Å². The van der Waals surface area contributed by atoms with E-state index in [2.05, 4.69) is 198 Å². The van der Waals surface area contributed by atoms with E-state index < -0.39 is 5.41 Å². The lowest BCUT2D eigenvalue weighted by Crippen LogP contribution is -2.32. The molecule has 0 N–H and O–H groups in total. The Balaban J connectivity index is 1.37. The largest absolute Gasteiger partial charge is 0.457 e. The van der Waals surface area contributed by atoms with Gasteiger partial charge in [-0.05, 0) is 92.7 Å². The third-order valence-electron chi connectivity index (χ3n) is 11.7. The van der Waals surface area contributed by atoms with E-state index in [0.717, 1.165) is 61.6 Å². The van der Waals surface area contributed by atoms with Crippen molar-refractivity contribution >= 4 is 39.0 Å². The molecule has 1 aromatic heterocycles. The first-order chi connectivity index (χ1) is 26.0. The van der Waals surface area contributed by atoms with Crippen LogP contribution < -0.4 is 9.64 Å². The molecule has 2 heterocycles. The van der Waals surface area contributed by atoms with Crippen LogP contribution in [0.15, 0.2) is 156 Å². The predicted octanol–water partition coefficient (Wildman–Crippen LogP) is 14.1. The van der Waals surface area contributed by atoms with Gasteiger partial charge in [0.2, 0.25) is 0 Å². The minimum absolute atomic E-state index is 0.0271. The number of fused-ring (bicyclic) bond motifs is 13. The molecule has 10 rings (SSSR count). The first-order valence-corrected chi connectivity index (χ1v) is 19.0. The number of anilines is 3. The number of hydrogen-bond donors (Lipinski definition) is 0. The van der Waals surface area contributed by atoms with Crippen LogP contribution >= 0.6 is 0 Å². The van der Waals surface area contributed by atoms with Crippen LogP contribution in [0.25, 0.3) is 33.1 Å². The van der Waals surface area contributed by atoms with Crippen LogP contribution in [0.1, 0.15) is 74.9 Å². The lowest BCUT2D eigenvalue weighted by Gasteiger charge is -2.39. The lowest BCUT2D eigenvalue weighted by molar-refractivity contribution is 0.436. The molecule has 0 amide bonds. The third kappa shape index (κ3) is 4.61. The van der Waals surface area contributed by atoms with Crippen molar-refractivity contribution in [3.05, 3.63) is 185 Å². The van der Waals surface area contributed by atoms with Crippen LogP contribution in [0, 0.1) is 0 Å². The molecule has 54 heavy (non-hydrogen) atoms. The van der Waals surface area contributed by atoms with Crippen molar-refractivity contribution in [3.63, 3.8) is 0 Å². The summed E-state index contributed by atoms with van der Waals surface area (Å²) in [5, 5.41) is 2.24. The average Bonchev–Trinajstić information content (AvgIpc) is 3.69. The second kappa shape index (κ2) is 11.5. The highest BCUT2D eigenvalue weighted by Gasteiger charge is 2.52. The van der Waals surface area contributed by atoms with Crippen LogP contribution in [0.5, 0.6) is 11.5 Å². The molecule has 3 nitrogen and oxygen atoms in total. The summed E-state index contributed by atoms with van der Waals surface area (Å²) in [6, 6.07) is 55.2. The summed E-state index contributed by atoms with van der Waals surface area (Å²) in [6.45, 7) is 13.6. The van der Waals surface area contributed by atoms with Gasteiger partial charge in [-0.3, -0.25) is 0 Å². The number of hydrogen-bond acceptors (Lipinski definition) is 3. The summed E-state index contributed by atoms with van der Waals surface area (Å²) in [7, 11) is 0. The van der Waals surface area contributed by atoms with Crippen molar-refractivity contribution in [1.82, 2.24) is 0 Å². The van der Waals surface area contributed by atoms with Gasteiger partial charge in [-0.25, -0.2) is 0 Å². The summed E-state index contributed by atoms with van der Waals surface area (Å²) in [5.41, 5.74) is 14.1. The molecule has 0 bridgehead atoms. The van der Waals surface area contributed by atoms with E-state index in [1.807, 2.05) is 0 Å². The van der Waals surface area contributed by atoms with Gasteiger partial charge in [0.25, 0.3) is 0 Å². The van der Waals surface area contributed by atoms with Crippen LogP contribution in [-0.2, 0) is 16.2 Å². The monoisotopic (exact) mass is 701 g/mol. The molecule has 0 fully saturated rings. The van der Waals surface area contributed by atoms with Gasteiger partial charge in [-0.2, -0.15) is 0 Å². The molecule has 0 unspecified atom stereocenters. The zero-order valence-corrected chi connectivity index (χ0v) is 31.7. The second-order valence-electron chi connectivity index (χ2n) is 16.9. The quantitative estimate of drug-likeness (QED) is 0.183. The Morgan fingerprint density at radius 3 is 1.57 bits per heavy atom. The van der Waals surface area contributed by atoms with E-state index in [0.29, 0.717) is 0 Å². The smallest absolute Gasteiger partial charge is 0.160 e. The highest BCUT2D eigenvalue weighted by atomic mass is 16.5. The molecule has 7 aromatic carbocycles.